The smallest absolute Gasteiger partial charge is 0.407 e. The van der Waals surface area contributed by atoms with Crippen LogP contribution in [0.15, 0.2) is 24.9 Å². The molecule has 0 radical (unpaired) electrons. The number of hydrogen-bond donors (Lipinski definition) is 1. The van der Waals surface area contributed by atoms with E-state index in [1.54, 1.807) is 12.4 Å². The Balaban J connectivity index is 1.56. The van der Waals surface area contributed by atoms with Crippen LogP contribution < -0.4 is 5.32 Å². The molecule has 2 aromatic heterocycles. The first-order valence-electron chi connectivity index (χ1n) is 8.70. The van der Waals surface area contributed by atoms with E-state index in [-0.39, 0.29) is 6.09 Å². The Morgan fingerprint density at radius 1 is 1.27 bits per heavy atom. The van der Waals surface area contributed by atoms with Gasteiger partial charge in [-0.05, 0) is 32.8 Å². The number of hydrogen-bond acceptors (Lipinski definition) is 7. The quantitative estimate of drug-likeness (QED) is 0.893. The zero-order valence-corrected chi connectivity index (χ0v) is 15.4. The van der Waals surface area contributed by atoms with Gasteiger partial charge < -0.3 is 10.1 Å². The molecule has 0 aromatic carbocycles. The van der Waals surface area contributed by atoms with Gasteiger partial charge in [0.2, 0.25) is 0 Å². The second kappa shape index (κ2) is 7.74. The third-order valence-corrected chi connectivity index (χ3v) is 3.94. The molecular weight excluding hydrogens is 332 g/mol. The molecule has 3 rings (SSSR count). The van der Waals surface area contributed by atoms with E-state index < -0.39 is 5.60 Å². The number of rotatable bonds is 4. The molecule has 1 N–H and O–H groups in total. The first-order chi connectivity index (χ1) is 12.4. The molecule has 1 aliphatic rings. The summed E-state index contributed by atoms with van der Waals surface area (Å²) in [4.78, 5) is 31.1. The van der Waals surface area contributed by atoms with Gasteiger partial charge >= 0.3 is 6.09 Å². The Hall–Kier alpha value is -2.61. The summed E-state index contributed by atoms with van der Waals surface area (Å²) in [5, 5.41) is 2.80. The fourth-order valence-corrected chi connectivity index (χ4v) is 2.73. The number of nitrogens with zero attached hydrogens (tertiary/aromatic N) is 5. The average Bonchev–Trinajstić information content (AvgIpc) is 2.60. The molecule has 0 saturated heterocycles. The minimum atomic E-state index is -0.484. The Morgan fingerprint density at radius 3 is 2.77 bits per heavy atom. The van der Waals surface area contributed by atoms with E-state index in [9.17, 15) is 4.79 Å². The molecule has 0 saturated carbocycles. The van der Waals surface area contributed by atoms with Gasteiger partial charge in [-0.2, -0.15) is 0 Å². The summed E-state index contributed by atoms with van der Waals surface area (Å²) in [6, 6.07) is 0. The summed E-state index contributed by atoms with van der Waals surface area (Å²) in [6.07, 6.45) is 7.30. The molecule has 0 fully saturated rings. The molecule has 0 atom stereocenters. The molecule has 2 aromatic rings. The average molecular weight is 356 g/mol. The van der Waals surface area contributed by atoms with E-state index in [2.05, 4.69) is 30.2 Å². The maximum absolute atomic E-state index is 11.7. The third-order valence-electron chi connectivity index (χ3n) is 3.94. The molecule has 8 heteroatoms. The van der Waals surface area contributed by atoms with Crippen LogP contribution in [-0.4, -0.2) is 56.2 Å². The van der Waals surface area contributed by atoms with Crippen molar-refractivity contribution in [2.24, 2.45) is 0 Å². The van der Waals surface area contributed by atoms with Crippen molar-refractivity contribution in [3.8, 4) is 11.4 Å². The van der Waals surface area contributed by atoms with E-state index in [4.69, 9.17) is 4.74 Å². The van der Waals surface area contributed by atoms with Crippen LogP contribution in [0.5, 0.6) is 0 Å². The van der Waals surface area contributed by atoms with Crippen molar-refractivity contribution in [1.29, 1.82) is 0 Å². The largest absolute Gasteiger partial charge is 0.444 e. The van der Waals surface area contributed by atoms with E-state index in [0.29, 0.717) is 12.4 Å². The molecule has 138 valence electrons. The maximum atomic E-state index is 11.7. The maximum Gasteiger partial charge on any atom is 0.407 e. The van der Waals surface area contributed by atoms with Crippen LogP contribution >= 0.6 is 0 Å². The summed E-state index contributed by atoms with van der Waals surface area (Å²) in [7, 11) is 0. The monoisotopic (exact) mass is 356 g/mol. The lowest BCUT2D eigenvalue weighted by Gasteiger charge is -2.28. The normalized spacial score (nSPS) is 14.6. The highest BCUT2D eigenvalue weighted by Gasteiger charge is 2.20. The molecule has 26 heavy (non-hydrogen) atoms. The van der Waals surface area contributed by atoms with Crippen LogP contribution in [0.3, 0.4) is 0 Å². The molecule has 1 amide bonds. The summed E-state index contributed by atoms with van der Waals surface area (Å²) in [5.74, 6) is 0.637. The van der Waals surface area contributed by atoms with Crippen molar-refractivity contribution >= 4 is 6.09 Å². The number of carbonyl (C=O) groups excluding carboxylic acids is 1. The summed E-state index contributed by atoms with van der Waals surface area (Å²) < 4.78 is 5.25. The minimum absolute atomic E-state index is 0.386. The van der Waals surface area contributed by atoms with Gasteiger partial charge in [-0.25, -0.2) is 24.7 Å². The van der Waals surface area contributed by atoms with Crippen LogP contribution in [0, 0.1) is 0 Å². The summed E-state index contributed by atoms with van der Waals surface area (Å²) >= 11 is 0. The van der Waals surface area contributed by atoms with Crippen molar-refractivity contribution in [2.75, 3.05) is 19.6 Å². The van der Waals surface area contributed by atoms with Crippen molar-refractivity contribution in [1.82, 2.24) is 30.2 Å². The van der Waals surface area contributed by atoms with E-state index >= 15 is 0 Å². The van der Waals surface area contributed by atoms with E-state index in [1.807, 2.05) is 27.0 Å². The fraction of sp³-hybridized carbons (Fsp3) is 0.500. The number of alkyl carbamates (subject to hydrolysis) is 1. The van der Waals surface area contributed by atoms with Gasteiger partial charge in [0, 0.05) is 44.8 Å². The number of carbonyl (C=O) groups is 1. The predicted octanol–water partition coefficient (Wildman–Crippen LogP) is 1.82. The van der Waals surface area contributed by atoms with Gasteiger partial charge in [-0.15, -0.1) is 0 Å². The Bertz CT molecular complexity index is 760. The Kier molecular flexibility index (Phi) is 5.41. The number of nitrogens with one attached hydrogen (secondary N) is 1. The Morgan fingerprint density at radius 2 is 2.04 bits per heavy atom. The molecule has 0 aliphatic carbocycles. The van der Waals surface area contributed by atoms with Crippen molar-refractivity contribution in [3.63, 3.8) is 0 Å². The predicted molar refractivity (Wildman–Crippen MR) is 96.3 cm³/mol. The lowest BCUT2D eigenvalue weighted by atomic mass is 10.1. The van der Waals surface area contributed by atoms with Gasteiger partial charge in [0.05, 0.1) is 11.3 Å². The van der Waals surface area contributed by atoms with Crippen LogP contribution in [0.4, 0.5) is 4.79 Å². The molecule has 0 spiro atoms. The third kappa shape index (κ3) is 4.95. The molecule has 8 nitrogen and oxygen atoms in total. The molecular formula is C18H24N6O2. The highest BCUT2D eigenvalue weighted by molar-refractivity contribution is 5.67. The highest BCUT2D eigenvalue weighted by atomic mass is 16.6. The number of amides is 1. The SMILES string of the molecule is CC(C)(C)OC(=O)NCCN1CCc2cnc(-c3cncnc3)nc2C1. The zero-order valence-electron chi connectivity index (χ0n) is 15.4. The topological polar surface area (TPSA) is 93.1 Å². The van der Waals surface area contributed by atoms with Gasteiger partial charge in [-0.1, -0.05) is 0 Å². The lowest BCUT2D eigenvalue weighted by Crippen LogP contribution is -2.40. The highest BCUT2D eigenvalue weighted by Crippen LogP contribution is 2.19. The van der Waals surface area contributed by atoms with Crippen LogP contribution in [0.25, 0.3) is 11.4 Å². The van der Waals surface area contributed by atoms with Gasteiger partial charge in [0.25, 0.3) is 0 Å². The van der Waals surface area contributed by atoms with E-state index in [1.165, 1.54) is 11.9 Å². The van der Waals surface area contributed by atoms with Crippen molar-refractivity contribution in [2.45, 2.75) is 39.3 Å². The fourth-order valence-electron chi connectivity index (χ4n) is 2.73. The number of ether oxygens (including phenoxy) is 1. The van der Waals surface area contributed by atoms with Crippen molar-refractivity contribution in [3.05, 3.63) is 36.2 Å². The van der Waals surface area contributed by atoms with Crippen molar-refractivity contribution < 1.29 is 9.53 Å². The van der Waals surface area contributed by atoms with E-state index in [0.717, 1.165) is 37.3 Å². The van der Waals surface area contributed by atoms with Gasteiger partial charge in [-0.3, -0.25) is 4.90 Å². The molecule has 0 bridgehead atoms. The van der Waals surface area contributed by atoms with Crippen LogP contribution in [0.2, 0.25) is 0 Å². The zero-order chi connectivity index (χ0) is 18.6. The number of fused-ring (bicyclic) bond motifs is 1. The lowest BCUT2D eigenvalue weighted by molar-refractivity contribution is 0.0521. The Labute approximate surface area is 153 Å². The first kappa shape index (κ1) is 18.2. The molecule has 0 unspecified atom stereocenters. The van der Waals surface area contributed by atoms with Crippen LogP contribution in [0.1, 0.15) is 32.0 Å². The minimum Gasteiger partial charge on any atom is -0.444 e. The number of aromatic nitrogens is 4. The second-order valence-electron chi connectivity index (χ2n) is 7.25. The van der Waals surface area contributed by atoms with Crippen LogP contribution in [-0.2, 0) is 17.7 Å². The van der Waals surface area contributed by atoms with Gasteiger partial charge in [0.1, 0.15) is 11.9 Å². The summed E-state index contributed by atoms with van der Waals surface area (Å²) in [6.45, 7) is 8.48. The second-order valence-corrected chi connectivity index (χ2v) is 7.25. The molecule has 1 aliphatic heterocycles. The first-order valence-corrected chi connectivity index (χ1v) is 8.70. The standard InChI is InChI=1S/C18H24N6O2/c1-18(2,3)26-17(25)21-5-7-24-6-4-13-10-22-16(23-15(13)11-24)14-8-19-12-20-9-14/h8-10,12H,4-7,11H2,1-3H3,(H,21,25). The van der Waals surface area contributed by atoms with Gasteiger partial charge in [0.15, 0.2) is 5.82 Å². The molecule has 3 heterocycles. The summed E-state index contributed by atoms with van der Waals surface area (Å²) in [5.41, 5.74) is 2.51.